The average molecular weight is 417 g/mol. The molecule has 2 fully saturated rings. The Morgan fingerprint density at radius 3 is 2.81 bits per heavy atom. The van der Waals surface area contributed by atoms with E-state index in [1.165, 1.54) is 18.2 Å². The van der Waals surface area contributed by atoms with E-state index in [0.29, 0.717) is 37.2 Å². The number of carbonyl (C=O) groups is 1. The zero-order valence-electron chi connectivity index (χ0n) is 14.5. The Hall–Kier alpha value is -2.10. The molecule has 2 aliphatic heterocycles. The van der Waals surface area contributed by atoms with Gasteiger partial charge in [-0.1, -0.05) is 30.1 Å². The van der Waals surface area contributed by atoms with Gasteiger partial charge in [-0.2, -0.15) is 0 Å². The summed E-state index contributed by atoms with van der Waals surface area (Å²) in [5.41, 5.74) is 0. The third-order valence-electron chi connectivity index (χ3n) is 4.57. The topological polar surface area (TPSA) is 97.5 Å². The van der Waals surface area contributed by atoms with Gasteiger partial charge in [-0.05, 0) is 24.1 Å². The number of amides is 1. The summed E-state index contributed by atoms with van der Waals surface area (Å²) in [5, 5.41) is 14.1. The number of nitrogens with zero attached hydrogens (tertiary/aromatic N) is 4. The number of benzene rings is 1. The van der Waals surface area contributed by atoms with Gasteiger partial charge in [0.2, 0.25) is 0 Å². The molecule has 2 saturated heterocycles. The molecule has 0 saturated carbocycles. The first-order valence-electron chi connectivity index (χ1n) is 8.35. The molecule has 0 spiro atoms. The highest BCUT2D eigenvalue weighted by atomic mass is 35.5. The molecule has 146 valence electrons. The predicted octanol–water partition coefficient (Wildman–Crippen LogP) is 2.94. The van der Waals surface area contributed by atoms with E-state index in [1.807, 2.05) is 0 Å². The third kappa shape index (κ3) is 4.60. The summed E-state index contributed by atoms with van der Waals surface area (Å²) in [6.45, 7) is 4.44. The molecule has 27 heavy (non-hydrogen) atoms. The number of hydrogen-bond donors (Lipinski definition) is 0. The molecule has 1 amide bonds. The van der Waals surface area contributed by atoms with Gasteiger partial charge in [-0.3, -0.25) is 0 Å². The van der Waals surface area contributed by atoms with E-state index in [4.69, 9.17) is 32.7 Å². The Kier molecular flexibility index (Phi) is 6.03. The van der Waals surface area contributed by atoms with E-state index in [-0.39, 0.29) is 29.2 Å². The van der Waals surface area contributed by atoms with Crippen LogP contribution in [0.15, 0.2) is 23.3 Å². The minimum Gasteiger partial charge on any atom is -0.408 e. The lowest BCUT2D eigenvalue weighted by molar-refractivity contribution is -0.486. The Balaban J connectivity index is 1.75. The van der Waals surface area contributed by atoms with Crippen molar-refractivity contribution in [1.29, 1.82) is 0 Å². The summed E-state index contributed by atoms with van der Waals surface area (Å²) < 4.78 is 10.7. The van der Waals surface area contributed by atoms with Crippen molar-refractivity contribution in [2.24, 2.45) is 16.9 Å². The van der Waals surface area contributed by atoms with Crippen molar-refractivity contribution in [3.05, 3.63) is 38.4 Å². The van der Waals surface area contributed by atoms with E-state index >= 15 is 0 Å². The number of nitro groups is 1. The van der Waals surface area contributed by atoms with Crippen molar-refractivity contribution >= 4 is 35.3 Å². The maximum Gasteiger partial charge on any atom is 0.422 e. The highest BCUT2D eigenvalue weighted by Crippen LogP contribution is 2.29. The summed E-state index contributed by atoms with van der Waals surface area (Å²) in [6.07, 6.45) is -0.793. The largest absolute Gasteiger partial charge is 0.422 e. The van der Waals surface area contributed by atoms with E-state index in [2.05, 4.69) is 12.0 Å². The molecular weight excluding hydrogens is 399 g/mol. The lowest BCUT2D eigenvalue weighted by Crippen LogP contribution is -2.42. The van der Waals surface area contributed by atoms with Crippen molar-refractivity contribution in [3.63, 3.8) is 0 Å². The van der Waals surface area contributed by atoms with Gasteiger partial charge < -0.3 is 14.4 Å². The number of hydrogen-bond acceptors (Lipinski definition) is 5. The molecule has 3 rings (SSSR count). The second-order valence-corrected chi connectivity index (χ2v) is 7.30. The summed E-state index contributed by atoms with van der Waals surface area (Å²) in [7, 11) is 0. The molecule has 0 aliphatic carbocycles. The normalized spacial score (nSPS) is 23.9. The molecule has 0 radical (unpaired) electrons. The fraction of sp³-hybridized carbons (Fsp3) is 0.500. The lowest BCUT2D eigenvalue weighted by Gasteiger charge is -2.23. The first-order chi connectivity index (χ1) is 12.8. The van der Waals surface area contributed by atoms with Crippen molar-refractivity contribution in [1.82, 2.24) is 9.80 Å². The molecular formula is C16H18Cl2N4O5. The maximum absolute atomic E-state index is 12.5. The van der Waals surface area contributed by atoms with Gasteiger partial charge in [0.05, 0.1) is 18.2 Å². The van der Waals surface area contributed by atoms with Crippen molar-refractivity contribution in [2.75, 3.05) is 32.8 Å². The van der Waals surface area contributed by atoms with Crippen molar-refractivity contribution < 1.29 is 19.3 Å². The minimum atomic E-state index is -0.822. The SMILES string of the molecule is CC1COCC1CN1CCN(C(=O)Oc2ccc(Cl)cc2Cl)C1=N[N+](=O)[O-]. The number of ether oxygens (including phenoxy) is 2. The fourth-order valence-electron chi connectivity index (χ4n) is 3.06. The van der Waals surface area contributed by atoms with Crippen LogP contribution in [-0.4, -0.2) is 59.7 Å². The molecule has 1 aromatic rings. The highest BCUT2D eigenvalue weighted by molar-refractivity contribution is 6.35. The Morgan fingerprint density at radius 2 is 2.19 bits per heavy atom. The van der Waals surface area contributed by atoms with E-state index in [1.54, 1.807) is 4.90 Å². The standard InChI is InChI=1S/C16H18Cl2N4O5/c1-10-8-26-9-11(10)7-20-4-5-21(15(20)19-22(24)25)16(23)27-14-3-2-12(17)6-13(14)18/h2-3,6,10-11H,4-5,7-9H2,1H3. The molecule has 2 unspecified atom stereocenters. The molecule has 2 aliphatic rings. The first kappa shape index (κ1) is 19.7. The monoisotopic (exact) mass is 416 g/mol. The second kappa shape index (κ2) is 8.28. The summed E-state index contributed by atoms with van der Waals surface area (Å²) >= 11 is 11.8. The second-order valence-electron chi connectivity index (χ2n) is 6.45. The Labute approximate surface area is 165 Å². The van der Waals surface area contributed by atoms with Crippen LogP contribution in [-0.2, 0) is 4.74 Å². The van der Waals surface area contributed by atoms with Crippen LogP contribution in [0.4, 0.5) is 4.79 Å². The van der Waals surface area contributed by atoms with Crippen molar-refractivity contribution in [2.45, 2.75) is 6.92 Å². The van der Waals surface area contributed by atoms with Crippen LogP contribution in [0.1, 0.15) is 6.92 Å². The molecule has 2 atom stereocenters. The molecule has 0 N–H and O–H groups in total. The Morgan fingerprint density at radius 1 is 1.41 bits per heavy atom. The minimum absolute atomic E-state index is 0.0471. The first-order valence-corrected chi connectivity index (χ1v) is 9.11. The predicted molar refractivity (Wildman–Crippen MR) is 98.7 cm³/mol. The zero-order valence-corrected chi connectivity index (χ0v) is 16.0. The summed E-state index contributed by atoms with van der Waals surface area (Å²) in [6, 6.07) is 4.42. The zero-order chi connectivity index (χ0) is 19.6. The van der Waals surface area contributed by atoms with Gasteiger partial charge in [-0.25, -0.2) is 19.8 Å². The van der Waals surface area contributed by atoms with Gasteiger partial charge >= 0.3 is 6.09 Å². The average Bonchev–Trinajstić information content (AvgIpc) is 3.17. The molecule has 1 aromatic carbocycles. The Bertz CT molecular complexity index is 775. The molecule has 0 aromatic heterocycles. The highest BCUT2D eigenvalue weighted by Gasteiger charge is 2.38. The molecule has 0 bridgehead atoms. The summed E-state index contributed by atoms with van der Waals surface area (Å²) in [5.74, 6) is 0.608. The molecule has 11 heteroatoms. The number of halogens is 2. The number of hydrazone groups is 1. The van der Waals surface area contributed by atoms with Crippen LogP contribution in [0.5, 0.6) is 5.75 Å². The number of rotatable bonds is 4. The van der Waals surface area contributed by atoms with E-state index in [0.717, 1.165) is 4.90 Å². The smallest absolute Gasteiger partial charge is 0.408 e. The number of guanidine groups is 1. The van der Waals surface area contributed by atoms with Gasteiger partial charge in [0.1, 0.15) is 5.10 Å². The van der Waals surface area contributed by atoms with Gasteiger partial charge in [0, 0.05) is 30.6 Å². The van der Waals surface area contributed by atoms with Gasteiger partial charge in [-0.15, -0.1) is 0 Å². The third-order valence-corrected chi connectivity index (χ3v) is 5.10. The number of carbonyl (C=O) groups excluding carboxylic acids is 1. The van der Waals surface area contributed by atoms with Crippen LogP contribution in [0.3, 0.4) is 0 Å². The van der Waals surface area contributed by atoms with E-state index in [9.17, 15) is 14.9 Å². The molecule has 2 heterocycles. The van der Waals surface area contributed by atoms with Crippen LogP contribution < -0.4 is 4.74 Å². The van der Waals surface area contributed by atoms with Gasteiger partial charge in [0.15, 0.2) is 10.8 Å². The molecule has 9 nitrogen and oxygen atoms in total. The van der Waals surface area contributed by atoms with Crippen LogP contribution >= 0.6 is 23.2 Å². The quantitative estimate of drug-likeness (QED) is 0.552. The van der Waals surface area contributed by atoms with E-state index < -0.39 is 11.1 Å². The van der Waals surface area contributed by atoms with Crippen molar-refractivity contribution in [3.8, 4) is 5.75 Å². The summed E-state index contributed by atoms with van der Waals surface area (Å²) in [4.78, 5) is 26.4. The fourth-order valence-corrected chi connectivity index (χ4v) is 3.50. The maximum atomic E-state index is 12.5. The van der Waals surface area contributed by atoms with Gasteiger partial charge in [0.25, 0.3) is 5.96 Å². The lowest BCUT2D eigenvalue weighted by atomic mass is 9.98. The van der Waals surface area contributed by atoms with Crippen LogP contribution in [0.2, 0.25) is 10.0 Å². The van der Waals surface area contributed by atoms with Crippen LogP contribution in [0, 0.1) is 22.0 Å². The van der Waals surface area contributed by atoms with Crippen LogP contribution in [0.25, 0.3) is 0 Å².